The highest BCUT2D eigenvalue weighted by Gasteiger charge is 2.46. The van der Waals surface area contributed by atoms with E-state index in [0.717, 1.165) is 17.1 Å². The van der Waals surface area contributed by atoms with E-state index in [2.05, 4.69) is 266 Å². The van der Waals surface area contributed by atoms with Crippen molar-refractivity contribution in [3.8, 4) is 44.5 Å². The second-order valence-electron chi connectivity index (χ2n) is 16.8. The number of rotatable bonds is 8. The van der Waals surface area contributed by atoms with Crippen LogP contribution in [0.15, 0.2) is 261 Å². The lowest BCUT2D eigenvalue weighted by atomic mass is 9.68. The van der Waals surface area contributed by atoms with Crippen molar-refractivity contribution in [1.29, 1.82) is 0 Å². The first-order chi connectivity index (χ1) is 31.8. The summed E-state index contributed by atoms with van der Waals surface area (Å²) in [6.45, 7) is 0. The number of fused-ring (bicyclic) bond motifs is 6. The van der Waals surface area contributed by atoms with E-state index >= 15 is 0 Å². The molecule has 11 aromatic carbocycles. The Bertz CT molecular complexity index is 3430. The van der Waals surface area contributed by atoms with Crippen molar-refractivity contribution >= 4 is 38.6 Å². The normalized spacial score (nSPS) is 12.5. The molecule has 0 unspecified atom stereocenters. The summed E-state index contributed by atoms with van der Waals surface area (Å²) in [7, 11) is 0. The molecule has 0 N–H and O–H groups in total. The van der Waals surface area contributed by atoms with E-state index in [1.54, 1.807) is 0 Å². The minimum Gasteiger partial charge on any atom is -0.310 e. The van der Waals surface area contributed by atoms with Crippen molar-refractivity contribution in [2.75, 3.05) is 4.90 Å². The average Bonchev–Trinajstić information content (AvgIpc) is 3.68. The molecular formula is C63H43N. The van der Waals surface area contributed by atoms with Crippen LogP contribution in [0.4, 0.5) is 17.1 Å². The SMILES string of the molecule is c1ccc(-c2cccc(N(c3ccc4c(c3)-c3ccccc3C4(c3ccccc3)c3ccccc3)c3ccc4c(c3)c(-c3ccccc3)c(-c3ccccc3)c3ccccc34)c2)cc1. The van der Waals surface area contributed by atoms with E-state index in [-0.39, 0.29) is 0 Å². The van der Waals surface area contributed by atoms with Gasteiger partial charge in [0.15, 0.2) is 0 Å². The molecule has 0 amide bonds. The largest absolute Gasteiger partial charge is 0.310 e. The lowest BCUT2D eigenvalue weighted by molar-refractivity contribution is 0.768. The maximum absolute atomic E-state index is 2.46. The highest BCUT2D eigenvalue weighted by molar-refractivity contribution is 6.22. The third-order valence-electron chi connectivity index (χ3n) is 13.3. The molecule has 0 heterocycles. The van der Waals surface area contributed by atoms with E-state index in [1.807, 2.05) is 0 Å². The molecule has 0 aromatic heterocycles. The zero-order valence-corrected chi connectivity index (χ0v) is 35.3. The van der Waals surface area contributed by atoms with Gasteiger partial charge < -0.3 is 4.90 Å². The van der Waals surface area contributed by atoms with Crippen LogP contribution in [0, 0.1) is 0 Å². The van der Waals surface area contributed by atoms with Crippen LogP contribution < -0.4 is 4.90 Å². The van der Waals surface area contributed by atoms with Gasteiger partial charge in [0.1, 0.15) is 0 Å². The summed E-state index contributed by atoms with van der Waals surface area (Å²) in [5, 5.41) is 4.93. The minimum atomic E-state index is -0.479. The predicted molar refractivity (Wildman–Crippen MR) is 270 cm³/mol. The van der Waals surface area contributed by atoms with Gasteiger partial charge in [-0.1, -0.05) is 224 Å². The fourth-order valence-corrected chi connectivity index (χ4v) is 10.6. The molecule has 0 atom stereocenters. The number of benzene rings is 11. The van der Waals surface area contributed by atoms with Crippen molar-refractivity contribution in [3.63, 3.8) is 0 Å². The molecule has 1 nitrogen and oxygen atoms in total. The summed E-state index contributed by atoms with van der Waals surface area (Å²) in [5.41, 5.74) is 17.7. The molecule has 0 saturated heterocycles. The summed E-state index contributed by atoms with van der Waals surface area (Å²) in [5.74, 6) is 0. The molecule has 1 aliphatic rings. The highest BCUT2D eigenvalue weighted by Crippen LogP contribution is 2.57. The first kappa shape index (κ1) is 37.5. The Labute approximate surface area is 374 Å². The highest BCUT2D eigenvalue weighted by atomic mass is 15.1. The van der Waals surface area contributed by atoms with Gasteiger partial charge in [0, 0.05) is 17.1 Å². The summed E-state index contributed by atoms with van der Waals surface area (Å²) in [6.07, 6.45) is 0. The van der Waals surface area contributed by atoms with E-state index < -0.39 is 5.41 Å². The van der Waals surface area contributed by atoms with Crippen LogP contribution in [0.1, 0.15) is 22.3 Å². The van der Waals surface area contributed by atoms with Gasteiger partial charge >= 0.3 is 0 Å². The molecule has 1 heteroatoms. The molecule has 1 aliphatic carbocycles. The third kappa shape index (κ3) is 6.01. The van der Waals surface area contributed by atoms with E-state index in [9.17, 15) is 0 Å². The summed E-state index contributed by atoms with van der Waals surface area (Å²) >= 11 is 0. The van der Waals surface area contributed by atoms with Gasteiger partial charge in [0.05, 0.1) is 5.41 Å². The molecule has 0 bridgehead atoms. The molecule has 0 saturated carbocycles. The van der Waals surface area contributed by atoms with Crippen molar-refractivity contribution in [3.05, 3.63) is 283 Å². The van der Waals surface area contributed by atoms with Gasteiger partial charge in [0.2, 0.25) is 0 Å². The zero-order chi connectivity index (χ0) is 42.5. The quantitative estimate of drug-likeness (QED) is 0.138. The molecule has 12 rings (SSSR count). The van der Waals surface area contributed by atoms with Crippen LogP contribution in [0.25, 0.3) is 66.1 Å². The fraction of sp³-hybridized carbons (Fsp3) is 0.0159. The number of hydrogen-bond donors (Lipinski definition) is 0. The Hall–Kier alpha value is -8.26. The van der Waals surface area contributed by atoms with E-state index in [0.29, 0.717) is 0 Å². The van der Waals surface area contributed by atoms with Gasteiger partial charge in [-0.3, -0.25) is 0 Å². The third-order valence-corrected chi connectivity index (χ3v) is 13.3. The van der Waals surface area contributed by atoms with Crippen LogP contribution in [-0.4, -0.2) is 0 Å². The molecule has 0 fully saturated rings. The molecular weight excluding hydrogens is 771 g/mol. The maximum Gasteiger partial charge on any atom is 0.0713 e. The van der Waals surface area contributed by atoms with Crippen molar-refractivity contribution < 1.29 is 0 Å². The smallest absolute Gasteiger partial charge is 0.0713 e. The van der Waals surface area contributed by atoms with Gasteiger partial charge in [-0.15, -0.1) is 0 Å². The van der Waals surface area contributed by atoms with Crippen molar-refractivity contribution in [2.24, 2.45) is 0 Å². The molecule has 0 radical (unpaired) electrons. The van der Waals surface area contributed by atoms with Crippen LogP contribution in [0.3, 0.4) is 0 Å². The van der Waals surface area contributed by atoms with Crippen LogP contribution >= 0.6 is 0 Å². The first-order valence-corrected chi connectivity index (χ1v) is 22.2. The Kier molecular flexibility index (Phi) is 9.13. The predicted octanol–water partition coefficient (Wildman–Crippen LogP) is 16.8. The number of anilines is 3. The van der Waals surface area contributed by atoms with Gasteiger partial charge in [-0.05, 0) is 125 Å². The van der Waals surface area contributed by atoms with Crippen molar-refractivity contribution in [1.82, 2.24) is 0 Å². The Morgan fingerprint density at radius 1 is 0.250 bits per heavy atom. The lowest BCUT2D eigenvalue weighted by Gasteiger charge is -2.34. The van der Waals surface area contributed by atoms with Crippen LogP contribution in [0.2, 0.25) is 0 Å². The van der Waals surface area contributed by atoms with Gasteiger partial charge in [-0.2, -0.15) is 0 Å². The summed E-state index contributed by atoms with van der Waals surface area (Å²) in [6, 6.07) is 95.9. The van der Waals surface area contributed by atoms with E-state index in [4.69, 9.17) is 0 Å². The van der Waals surface area contributed by atoms with Crippen molar-refractivity contribution in [2.45, 2.75) is 5.41 Å². The molecule has 300 valence electrons. The molecule has 11 aromatic rings. The minimum absolute atomic E-state index is 0.479. The number of hydrogen-bond acceptors (Lipinski definition) is 1. The maximum atomic E-state index is 2.46. The zero-order valence-electron chi connectivity index (χ0n) is 35.3. The second-order valence-corrected chi connectivity index (χ2v) is 16.8. The van der Waals surface area contributed by atoms with Gasteiger partial charge in [0.25, 0.3) is 0 Å². The lowest BCUT2D eigenvalue weighted by Crippen LogP contribution is -2.28. The Balaban J connectivity index is 1.15. The summed E-state index contributed by atoms with van der Waals surface area (Å²) < 4.78 is 0. The number of nitrogens with zero attached hydrogens (tertiary/aromatic N) is 1. The average molecular weight is 814 g/mol. The van der Waals surface area contributed by atoms with Crippen LogP contribution in [0.5, 0.6) is 0 Å². The standard InChI is InChI=1S/C63H43N/c1-6-21-44(22-7-1)47-27-20-32-50(41-47)64(52-38-40-60-57(42-52)55-34-18-19-36-59(55)63(60,48-28-12-4-13-29-48)49-30-14-5-15-31-49)51-37-39-54-53-33-16-17-35-56(53)61(45-23-8-2-9-24-45)62(58(54)43-51)46-25-10-3-11-26-46/h1-43H. The molecule has 64 heavy (non-hydrogen) atoms. The monoisotopic (exact) mass is 813 g/mol. The Morgan fingerprint density at radius 3 is 1.36 bits per heavy atom. The molecule has 0 spiro atoms. The molecule has 0 aliphatic heterocycles. The second kappa shape index (κ2) is 15.6. The topological polar surface area (TPSA) is 3.24 Å². The van der Waals surface area contributed by atoms with E-state index in [1.165, 1.54) is 88.3 Å². The first-order valence-electron chi connectivity index (χ1n) is 22.2. The van der Waals surface area contributed by atoms with Crippen LogP contribution in [-0.2, 0) is 5.41 Å². The Morgan fingerprint density at radius 2 is 0.703 bits per heavy atom. The fourth-order valence-electron chi connectivity index (χ4n) is 10.6. The van der Waals surface area contributed by atoms with Gasteiger partial charge in [-0.25, -0.2) is 0 Å². The summed E-state index contributed by atoms with van der Waals surface area (Å²) in [4.78, 5) is 2.46.